The van der Waals surface area contributed by atoms with Crippen LogP contribution in [-0.2, 0) is 6.54 Å². The van der Waals surface area contributed by atoms with E-state index in [0.717, 1.165) is 37.7 Å². The fourth-order valence-corrected chi connectivity index (χ4v) is 2.84. The third-order valence-electron chi connectivity index (χ3n) is 4.32. The highest BCUT2D eigenvalue weighted by Crippen LogP contribution is 2.21. The highest BCUT2D eigenvalue weighted by atomic mass is 15.2. The lowest BCUT2D eigenvalue weighted by Gasteiger charge is -2.33. The van der Waals surface area contributed by atoms with Crippen molar-refractivity contribution in [2.45, 2.75) is 19.5 Å². The SMILES string of the molecule is CC1CNCCN1Cc1ccc(N(C)c2ccccc2)nc1. The zero-order valence-electron chi connectivity index (χ0n) is 13.4. The number of nitrogens with one attached hydrogen (secondary N) is 1. The molecule has 0 amide bonds. The van der Waals surface area contributed by atoms with Gasteiger partial charge in [-0.1, -0.05) is 24.3 Å². The summed E-state index contributed by atoms with van der Waals surface area (Å²) in [5.41, 5.74) is 2.43. The van der Waals surface area contributed by atoms with E-state index in [2.05, 4.69) is 58.3 Å². The molecule has 4 heteroatoms. The van der Waals surface area contributed by atoms with E-state index in [1.165, 1.54) is 5.56 Å². The zero-order chi connectivity index (χ0) is 15.4. The molecule has 0 aliphatic carbocycles. The standard InChI is InChI=1S/C18H24N4/c1-15-12-19-10-11-22(15)14-16-8-9-18(20-13-16)21(2)17-6-4-3-5-7-17/h3-9,13,15,19H,10-12,14H2,1-2H3. The fraction of sp³-hybridized carbons (Fsp3) is 0.389. The quantitative estimate of drug-likeness (QED) is 0.940. The van der Waals surface area contributed by atoms with Crippen molar-refractivity contribution in [3.63, 3.8) is 0 Å². The molecule has 22 heavy (non-hydrogen) atoms. The lowest BCUT2D eigenvalue weighted by Crippen LogP contribution is -2.49. The molecule has 1 aliphatic rings. The van der Waals surface area contributed by atoms with Crippen molar-refractivity contribution < 1.29 is 0 Å². The lowest BCUT2D eigenvalue weighted by atomic mass is 10.2. The number of pyridine rings is 1. The minimum atomic E-state index is 0.584. The lowest BCUT2D eigenvalue weighted by molar-refractivity contribution is 0.165. The molecule has 0 spiro atoms. The van der Waals surface area contributed by atoms with E-state index >= 15 is 0 Å². The summed E-state index contributed by atoms with van der Waals surface area (Å²) in [6, 6.07) is 15.2. The summed E-state index contributed by atoms with van der Waals surface area (Å²) in [4.78, 5) is 9.25. The van der Waals surface area contributed by atoms with Gasteiger partial charge in [-0.2, -0.15) is 0 Å². The molecule has 1 saturated heterocycles. The zero-order valence-corrected chi connectivity index (χ0v) is 13.4. The third kappa shape index (κ3) is 3.46. The number of hydrogen-bond acceptors (Lipinski definition) is 4. The van der Waals surface area contributed by atoms with Gasteiger partial charge >= 0.3 is 0 Å². The molecule has 1 N–H and O–H groups in total. The van der Waals surface area contributed by atoms with Crippen LogP contribution in [0.15, 0.2) is 48.7 Å². The van der Waals surface area contributed by atoms with E-state index in [4.69, 9.17) is 0 Å². The predicted molar refractivity (Wildman–Crippen MR) is 91.5 cm³/mol. The van der Waals surface area contributed by atoms with E-state index in [-0.39, 0.29) is 0 Å². The predicted octanol–water partition coefficient (Wildman–Crippen LogP) is 2.64. The summed E-state index contributed by atoms with van der Waals surface area (Å²) in [7, 11) is 2.05. The Labute approximate surface area is 132 Å². The maximum Gasteiger partial charge on any atom is 0.132 e. The summed E-state index contributed by atoms with van der Waals surface area (Å²) in [6.07, 6.45) is 2.00. The molecule has 116 valence electrons. The van der Waals surface area contributed by atoms with Crippen LogP contribution < -0.4 is 10.2 Å². The number of anilines is 2. The molecule has 1 fully saturated rings. The Bertz CT molecular complexity index is 582. The fourth-order valence-electron chi connectivity index (χ4n) is 2.84. The molecule has 0 radical (unpaired) electrons. The number of piperazine rings is 1. The largest absolute Gasteiger partial charge is 0.329 e. The molecule has 1 atom stereocenters. The Hall–Kier alpha value is -1.91. The van der Waals surface area contributed by atoms with Crippen molar-refractivity contribution in [3.8, 4) is 0 Å². The second-order valence-corrected chi connectivity index (χ2v) is 5.94. The van der Waals surface area contributed by atoms with Gasteiger partial charge in [-0.15, -0.1) is 0 Å². The molecule has 1 aromatic carbocycles. The first-order chi connectivity index (χ1) is 10.7. The second kappa shape index (κ2) is 6.90. The third-order valence-corrected chi connectivity index (χ3v) is 4.32. The van der Waals surface area contributed by atoms with Gasteiger partial charge in [0.1, 0.15) is 5.82 Å². The van der Waals surface area contributed by atoms with Crippen LogP contribution in [0.5, 0.6) is 0 Å². The molecule has 4 nitrogen and oxygen atoms in total. The second-order valence-electron chi connectivity index (χ2n) is 5.94. The minimum absolute atomic E-state index is 0.584. The molecule has 1 unspecified atom stereocenters. The van der Waals surface area contributed by atoms with Crippen LogP contribution >= 0.6 is 0 Å². The minimum Gasteiger partial charge on any atom is -0.329 e. The monoisotopic (exact) mass is 296 g/mol. The van der Waals surface area contributed by atoms with Crippen molar-refractivity contribution in [1.82, 2.24) is 15.2 Å². The van der Waals surface area contributed by atoms with Crippen LogP contribution in [0.2, 0.25) is 0 Å². The van der Waals surface area contributed by atoms with Gasteiger partial charge in [0.05, 0.1) is 0 Å². The van der Waals surface area contributed by atoms with Crippen molar-refractivity contribution in [3.05, 3.63) is 54.2 Å². The van der Waals surface area contributed by atoms with Crippen molar-refractivity contribution in [1.29, 1.82) is 0 Å². The van der Waals surface area contributed by atoms with E-state index in [1.807, 2.05) is 24.4 Å². The Morgan fingerprint density at radius 2 is 2.05 bits per heavy atom. The maximum absolute atomic E-state index is 4.63. The molecule has 0 bridgehead atoms. The average molecular weight is 296 g/mol. The van der Waals surface area contributed by atoms with Crippen LogP contribution in [0.1, 0.15) is 12.5 Å². The molecular formula is C18H24N4. The molecule has 2 heterocycles. The molecular weight excluding hydrogens is 272 g/mol. The summed E-state index contributed by atoms with van der Waals surface area (Å²) >= 11 is 0. The number of para-hydroxylation sites is 1. The van der Waals surface area contributed by atoms with Gasteiger partial charge in [0.2, 0.25) is 0 Å². The van der Waals surface area contributed by atoms with Gasteiger partial charge < -0.3 is 10.2 Å². The molecule has 1 aromatic heterocycles. The van der Waals surface area contributed by atoms with Crippen LogP contribution in [0.3, 0.4) is 0 Å². The van der Waals surface area contributed by atoms with Crippen LogP contribution in [0, 0.1) is 0 Å². The van der Waals surface area contributed by atoms with Gasteiger partial charge in [0.25, 0.3) is 0 Å². The van der Waals surface area contributed by atoms with E-state index in [1.54, 1.807) is 0 Å². The van der Waals surface area contributed by atoms with Crippen molar-refractivity contribution >= 4 is 11.5 Å². The highest BCUT2D eigenvalue weighted by molar-refractivity contribution is 5.58. The van der Waals surface area contributed by atoms with Gasteiger partial charge in [-0.3, -0.25) is 4.90 Å². The first kappa shape index (κ1) is 15.0. The summed E-state index contributed by atoms with van der Waals surface area (Å²) < 4.78 is 0. The van der Waals surface area contributed by atoms with Gasteiger partial charge in [0.15, 0.2) is 0 Å². The smallest absolute Gasteiger partial charge is 0.132 e. The van der Waals surface area contributed by atoms with Gasteiger partial charge in [0, 0.05) is 51.2 Å². The normalized spacial score (nSPS) is 19.1. The van der Waals surface area contributed by atoms with Gasteiger partial charge in [-0.05, 0) is 30.7 Å². The Morgan fingerprint density at radius 3 is 2.73 bits per heavy atom. The van der Waals surface area contributed by atoms with Gasteiger partial charge in [-0.25, -0.2) is 4.98 Å². The summed E-state index contributed by atoms with van der Waals surface area (Å²) in [5.74, 6) is 0.975. The summed E-state index contributed by atoms with van der Waals surface area (Å²) in [6.45, 7) is 6.50. The van der Waals surface area contributed by atoms with Crippen LogP contribution in [-0.4, -0.2) is 42.6 Å². The molecule has 3 rings (SSSR count). The first-order valence-corrected chi connectivity index (χ1v) is 7.92. The number of aromatic nitrogens is 1. The Kier molecular flexibility index (Phi) is 4.71. The van der Waals surface area contributed by atoms with E-state index in [0.29, 0.717) is 6.04 Å². The topological polar surface area (TPSA) is 31.4 Å². The maximum atomic E-state index is 4.63. The molecule has 0 saturated carbocycles. The first-order valence-electron chi connectivity index (χ1n) is 7.92. The molecule has 2 aromatic rings. The van der Waals surface area contributed by atoms with Crippen molar-refractivity contribution in [2.75, 3.05) is 31.6 Å². The summed E-state index contributed by atoms with van der Waals surface area (Å²) in [5, 5.41) is 3.43. The van der Waals surface area contributed by atoms with Crippen LogP contribution in [0.4, 0.5) is 11.5 Å². The van der Waals surface area contributed by atoms with Crippen LogP contribution in [0.25, 0.3) is 0 Å². The molecule has 1 aliphatic heterocycles. The van der Waals surface area contributed by atoms with E-state index in [9.17, 15) is 0 Å². The number of benzene rings is 1. The van der Waals surface area contributed by atoms with E-state index < -0.39 is 0 Å². The number of nitrogens with zero attached hydrogens (tertiary/aromatic N) is 3. The Balaban J connectivity index is 1.67. The Morgan fingerprint density at radius 1 is 1.23 bits per heavy atom. The number of hydrogen-bond donors (Lipinski definition) is 1. The van der Waals surface area contributed by atoms with Crippen molar-refractivity contribution in [2.24, 2.45) is 0 Å². The average Bonchev–Trinajstić information content (AvgIpc) is 2.58. The highest BCUT2D eigenvalue weighted by Gasteiger charge is 2.17. The number of rotatable bonds is 4.